The second kappa shape index (κ2) is 11.6. The molecule has 0 saturated carbocycles. The summed E-state index contributed by atoms with van der Waals surface area (Å²) in [6.45, 7) is 4.82. The third kappa shape index (κ3) is 6.12. The third-order valence-electron chi connectivity index (χ3n) is 5.23. The molecule has 0 spiro atoms. The van der Waals surface area contributed by atoms with Gasteiger partial charge in [-0.15, -0.1) is 6.58 Å². The van der Waals surface area contributed by atoms with Crippen molar-refractivity contribution in [3.05, 3.63) is 90.3 Å². The summed E-state index contributed by atoms with van der Waals surface area (Å²) in [5, 5.41) is -0.0464. The number of sulfone groups is 1. The number of carbonyl (C=O) groups excluding carboxylic acids is 1. The zero-order chi connectivity index (χ0) is 24.6. The quantitative estimate of drug-likeness (QED) is 0.367. The van der Waals surface area contributed by atoms with E-state index in [0.717, 1.165) is 0 Å². The first-order chi connectivity index (χ1) is 16.4. The molecular formula is C25H29N3O5S. The van der Waals surface area contributed by atoms with Crippen LogP contribution in [0.4, 0.5) is 0 Å². The van der Waals surface area contributed by atoms with Gasteiger partial charge in [-0.25, -0.2) is 13.4 Å². The topological polar surface area (TPSA) is 90.7 Å². The van der Waals surface area contributed by atoms with Crippen molar-refractivity contribution in [2.24, 2.45) is 0 Å². The van der Waals surface area contributed by atoms with E-state index in [4.69, 9.17) is 9.47 Å². The normalized spacial score (nSPS) is 11.2. The average Bonchev–Trinajstić information content (AvgIpc) is 3.25. The Hall–Kier alpha value is -3.43. The molecule has 0 fully saturated rings. The standard InChI is InChI=1S/C25H29N3O5S/c1-4-14-28-22(17-26-25(28)34(30,31)19-20-8-6-5-7-9-20)18-27(15-16-32-2)24(29)21-10-12-23(33-3)13-11-21/h4-13,17H,1,14-16,18-19H2,2-3H3. The monoisotopic (exact) mass is 483 g/mol. The van der Waals surface area contributed by atoms with Gasteiger partial charge in [0.25, 0.3) is 5.91 Å². The first kappa shape index (κ1) is 25.2. The van der Waals surface area contributed by atoms with Crippen molar-refractivity contribution < 1.29 is 22.7 Å². The molecule has 0 aliphatic carbocycles. The molecular weight excluding hydrogens is 454 g/mol. The summed E-state index contributed by atoms with van der Waals surface area (Å²) in [5.41, 5.74) is 1.75. The molecule has 180 valence electrons. The van der Waals surface area contributed by atoms with Crippen LogP contribution in [0.5, 0.6) is 5.75 Å². The van der Waals surface area contributed by atoms with E-state index in [1.54, 1.807) is 78.3 Å². The Morgan fingerprint density at radius 2 is 1.82 bits per heavy atom. The Bertz CT molecular complexity index is 1210. The van der Waals surface area contributed by atoms with Crippen LogP contribution in [-0.2, 0) is 33.4 Å². The Labute approximate surface area is 200 Å². The van der Waals surface area contributed by atoms with Gasteiger partial charge in [-0.2, -0.15) is 0 Å². The fourth-order valence-electron chi connectivity index (χ4n) is 3.51. The lowest BCUT2D eigenvalue weighted by atomic mass is 10.2. The highest BCUT2D eigenvalue weighted by molar-refractivity contribution is 7.90. The summed E-state index contributed by atoms with van der Waals surface area (Å²) in [6, 6.07) is 15.8. The van der Waals surface area contributed by atoms with Crippen LogP contribution in [0.25, 0.3) is 0 Å². The molecule has 0 aliphatic rings. The van der Waals surface area contributed by atoms with Crippen molar-refractivity contribution in [1.29, 1.82) is 0 Å². The zero-order valence-electron chi connectivity index (χ0n) is 19.4. The molecule has 9 heteroatoms. The molecule has 3 rings (SSSR count). The van der Waals surface area contributed by atoms with Crippen LogP contribution in [0, 0.1) is 0 Å². The third-order valence-corrected chi connectivity index (χ3v) is 6.83. The van der Waals surface area contributed by atoms with E-state index in [2.05, 4.69) is 11.6 Å². The number of amides is 1. The van der Waals surface area contributed by atoms with Crippen LogP contribution in [0.2, 0.25) is 0 Å². The van der Waals surface area contributed by atoms with E-state index in [1.165, 1.54) is 6.20 Å². The predicted molar refractivity (Wildman–Crippen MR) is 129 cm³/mol. The van der Waals surface area contributed by atoms with E-state index in [-0.39, 0.29) is 29.9 Å². The molecule has 0 atom stereocenters. The van der Waals surface area contributed by atoms with E-state index in [0.29, 0.717) is 35.7 Å². The van der Waals surface area contributed by atoms with Gasteiger partial charge in [-0.3, -0.25) is 4.79 Å². The minimum Gasteiger partial charge on any atom is -0.497 e. The molecule has 1 amide bonds. The molecule has 2 aromatic carbocycles. The number of imidazole rings is 1. The number of ether oxygens (including phenoxy) is 2. The molecule has 0 saturated heterocycles. The van der Waals surface area contributed by atoms with Gasteiger partial charge in [0, 0.05) is 25.8 Å². The summed E-state index contributed by atoms with van der Waals surface area (Å²) >= 11 is 0. The van der Waals surface area contributed by atoms with Gasteiger partial charge >= 0.3 is 0 Å². The first-order valence-corrected chi connectivity index (χ1v) is 12.4. The van der Waals surface area contributed by atoms with Crippen molar-refractivity contribution >= 4 is 15.7 Å². The number of allylic oxidation sites excluding steroid dienone is 1. The van der Waals surface area contributed by atoms with Crippen molar-refractivity contribution in [3.8, 4) is 5.75 Å². The van der Waals surface area contributed by atoms with Crippen molar-refractivity contribution in [2.75, 3.05) is 27.4 Å². The van der Waals surface area contributed by atoms with E-state index in [9.17, 15) is 13.2 Å². The number of aromatic nitrogens is 2. The Balaban J connectivity index is 1.90. The first-order valence-electron chi connectivity index (χ1n) is 10.7. The van der Waals surface area contributed by atoms with Crippen LogP contribution >= 0.6 is 0 Å². The summed E-state index contributed by atoms with van der Waals surface area (Å²) in [4.78, 5) is 19.1. The maximum absolute atomic E-state index is 13.2. The lowest BCUT2D eigenvalue weighted by Crippen LogP contribution is -2.34. The number of hydrogen-bond donors (Lipinski definition) is 0. The summed E-state index contributed by atoms with van der Waals surface area (Å²) in [7, 11) is -0.593. The van der Waals surface area contributed by atoms with Crippen molar-refractivity contribution in [2.45, 2.75) is 24.0 Å². The van der Waals surface area contributed by atoms with Crippen molar-refractivity contribution in [3.63, 3.8) is 0 Å². The van der Waals surface area contributed by atoms with Crippen LogP contribution in [0.3, 0.4) is 0 Å². The molecule has 0 bridgehead atoms. The number of carbonyl (C=O) groups is 1. The van der Waals surface area contributed by atoms with Gasteiger partial charge < -0.3 is 18.9 Å². The molecule has 0 radical (unpaired) electrons. The van der Waals surface area contributed by atoms with Crippen LogP contribution < -0.4 is 4.74 Å². The maximum Gasteiger partial charge on any atom is 0.254 e. The van der Waals surface area contributed by atoms with E-state index >= 15 is 0 Å². The minimum absolute atomic E-state index is 0.0464. The summed E-state index contributed by atoms with van der Waals surface area (Å²) < 4.78 is 38.3. The zero-order valence-corrected chi connectivity index (χ0v) is 20.2. The van der Waals surface area contributed by atoms with Crippen molar-refractivity contribution in [1.82, 2.24) is 14.5 Å². The van der Waals surface area contributed by atoms with Gasteiger partial charge in [0.2, 0.25) is 15.0 Å². The second-order valence-corrected chi connectivity index (χ2v) is 9.51. The Kier molecular flexibility index (Phi) is 8.61. The summed E-state index contributed by atoms with van der Waals surface area (Å²) in [6.07, 6.45) is 3.11. The number of methoxy groups -OCH3 is 2. The van der Waals surface area contributed by atoms with Crippen LogP contribution in [-0.4, -0.2) is 56.1 Å². The molecule has 34 heavy (non-hydrogen) atoms. The molecule has 0 N–H and O–H groups in total. The average molecular weight is 484 g/mol. The second-order valence-electron chi connectivity index (χ2n) is 7.62. The highest BCUT2D eigenvalue weighted by Crippen LogP contribution is 2.20. The highest BCUT2D eigenvalue weighted by Gasteiger charge is 2.25. The predicted octanol–water partition coefficient (Wildman–Crippen LogP) is 3.34. The van der Waals surface area contributed by atoms with Gasteiger partial charge in [0.05, 0.1) is 37.9 Å². The van der Waals surface area contributed by atoms with E-state index < -0.39 is 9.84 Å². The minimum atomic E-state index is -3.72. The number of rotatable bonds is 12. The number of hydrogen-bond acceptors (Lipinski definition) is 6. The molecule has 8 nitrogen and oxygen atoms in total. The Morgan fingerprint density at radius 3 is 2.44 bits per heavy atom. The highest BCUT2D eigenvalue weighted by atomic mass is 32.2. The maximum atomic E-state index is 13.2. The molecule has 0 unspecified atom stereocenters. The van der Waals surface area contributed by atoms with Crippen LogP contribution in [0.1, 0.15) is 21.6 Å². The van der Waals surface area contributed by atoms with Gasteiger partial charge in [0.15, 0.2) is 0 Å². The van der Waals surface area contributed by atoms with Crippen LogP contribution in [0.15, 0.2) is 78.6 Å². The smallest absolute Gasteiger partial charge is 0.254 e. The molecule has 1 heterocycles. The lowest BCUT2D eigenvalue weighted by Gasteiger charge is -2.23. The summed E-state index contributed by atoms with van der Waals surface area (Å²) in [5.74, 6) is 0.275. The largest absolute Gasteiger partial charge is 0.497 e. The van der Waals surface area contributed by atoms with Gasteiger partial charge in [-0.1, -0.05) is 36.4 Å². The van der Waals surface area contributed by atoms with Gasteiger partial charge in [0.1, 0.15) is 5.75 Å². The fraction of sp³-hybridized carbons (Fsp3) is 0.280. The SMILES string of the molecule is C=CCn1c(CN(CCOC)C(=O)c2ccc(OC)cc2)cnc1S(=O)(=O)Cc1ccccc1. The molecule has 0 aliphatic heterocycles. The van der Waals surface area contributed by atoms with Gasteiger partial charge in [-0.05, 0) is 29.8 Å². The molecule has 3 aromatic rings. The molecule has 1 aromatic heterocycles. The fourth-order valence-corrected chi connectivity index (χ4v) is 5.02. The van der Waals surface area contributed by atoms with E-state index in [1.807, 2.05) is 6.07 Å². The number of benzene rings is 2. The number of nitrogens with zero attached hydrogens (tertiary/aromatic N) is 3. The lowest BCUT2D eigenvalue weighted by molar-refractivity contribution is 0.0675. The Morgan fingerprint density at radius 1 is 1.12 bits per heavy atom.